The number of nitrogens with two attached hydrogens (primary N) is 2. The number of hydrogen-bond donors (Lipinski definition) is 2. The molecule has 0 aliphatic heterocycles. The van der Waals surface area contributed by atoms with Gasteiger partial charge in [0, 0.05) is 23.5 Å². The van der Waals surface area contributed by atoms with E-state index in [1.54, 1.807) is 35.1 Å². The molecule has 0 saturated heterocycles. The molecule has 7 heteroatoms. The molecule has 26 heavy (non-hydrogen) atoms. The highest BCUT2D eigenvalue weighted by atomic mass is 15.3. The number of aromatic nitrogens is 4. The fourth-order valence-electron chi connectivity index (χ4n) is 2.87. The number of nitriles is 1. The van der Waals surface area contributed by atoms with Crippen LogP contribution < -0.4 is 11.5 Å². The Morgan fingerprint density at radius 3 is 2.73 bits per heavy atom. The normalized spacial score (nSPS) is 10.8. The average molecular weight is 341 g/mol. The van der Waals surface area contributed by atoms with E-state index in [1.807, 2.05) is 25.1 Å². The number of nitrogens with zero attached hydrogens (tertiary/aromatic N) is 5. The number of nitrogen functional groups attached to an aromatic ring is 2. The summed E-state index contributed by atoms with van der Waals surface area (Å²) >= 11 is 0. The van der Waals surface area contributed by atoms with Crippen LogP contribution in [-0.4, -0.2) is 19.6 Å². The van der Waals surface area contributed by atoms with E-state index in [1.165, 1.54) is 0 Å². The van der Waals surface area contributed by atoms with Gasteiger partial charge in [0.15, 0.2) is 5.65 Å². The lowest BCUT2D eigenvalue weighted by molar-refractivity contribution is 0.945. The third kappa shape index (κ3) is 2.50. The number of pyridine rings is 1. The van der Waals surface area contributed by atoms with Crippen molar-refractivity contribution in [3.05, 3.63) is 59.9 Å². The minimum atomic E-state index is 0.399. The average Bonchev–Trinajstić information content (AvgIpc) is 3.02. The third-order valence-electron chi connectivity index (χ3n) is 4.18. The van der Waals surface area contributed by atoms with Crippen LogP contribution >= 0.6 is 0 Å². The van der Waals surface area contributed by atoms with Crippen molar-refractivity contribution in [2.75, 3.05) is 11.5 Å². The maximum absolute atomic E-state index is 9.21. The molecule has 0 atom stereocenters. The maximum Gasteiger partial charge on any atom is 0.165 e. The molecule has 0 bridgehead atoms. The summed E-state index contributed by atoms with van der Waals surface area (Å²) in [6.07, 6.45) is 3.46. The first-order chi connectivity index (χ1) is 12.6. The van der Waals surface area contributed by atoms with Gasteiger partial charge in [-0.2, -0.15) is 10.4 Å². The van der Waals surface area contributed by atoms with Gasteiger partial charge in [0.1, 0.15) is 17.3 Å². The van der Waals surface area contributed by atoms with Gasteiger partial charge in [-0.25, -0.2) is 14.5 Å². The highest BCUT2D eigenvalue weighted by molar-refractivity contribution is 5.91. The van der Waals surface area contributed by atoms with Crippen molar-refractivity contribution in [3.8, 4) is 28.5 Å². The van der Waals surface area contributed by atoms with E-state index in [0.29, 0.717) is 28.5 Å². The standard InChI is InChI=1S/C19H15N7/c1-11-7-14(10-23-18(11)22)16-17(13-4-2-3-12(8-13)9-20)25-26-6-5-15(21)24-19(16)26/h2-8,10H,1H3,(H2,21,24)(H2,22,23). The van der Waals surface area contributed by atoms with Gasteiger partial charge in [-0.1, -0.05) is 12.1 Å². The molecule has 4 N–H and O–H groups in total. The van der Waals surface area contributed by atoms with Crippen molar-refractivity contribution < 1.29 is 0 Å². The van der Waals surface area contributed by atoms with Gasteiger partial charge >= 0.3 is 0 Å². The SMILES string of the molecule is Cc1cc(-c2c(-c3cccc(C#N)c3)nn3ccc(N)nc23)cnc1N. The summed E-state index contributed by atoms with van der Waals surface area (Å²) in [5.74, 6) is 0.877. The fourth-order valence-corrected chi connectivity index (χ4v) is 2.87. The topological polar surface area (TPSA) is 119 Å². The molecule has 0 saturated carbocycles. The minimum absolute atomic E-state index is 0.399. The molecule has 0 fully saturated rings. The smallest absolute Gasteiger partial charge is 0.165 e. The zero-order valence-electron chi connectivity index (χ0n) is 14.0. The second-order valence-corrected chi connectivity index (χ2v) is 5.96. The first-order valence-corrected chi connectivity index (χ1v) is 7.94. The highest BCUT2D eigenvalue weighted by Gasteiger charge is 2.19. The van der Waals surface area contributed by atoms with Crippen LogP contribution in [0.5, 0.6) is 0 Å². The molecule has 4 aromatic rings. The Kier molecular flexibility index (Phi) is 3.52. The quantitative estimate of drug-likeness (QED) is 0.578. The molecule has 3 aromatic heterocycles. The Balaban J connectivity index is 2.06. The van der Waals surface area contributed by atoms with Crippen LogP contribution in [0.15, 0.2) is 48.8 Å². The Morgan fingerprint density at radius 1 is 1.12 bits per heavy atom. The summed E-state index contributed by atoms with van der Waals surface area (Å²) < 4.78 is 1.67. The summed E-state index contributed by atoms with van der Waals surface area (Å²) in [7, 11) is 0. The lowest BCUT2D eigenvalue weighted by Crippen LogP contribution is -1.96. The van der Waals surface area contributed by atoms with Crippen molar-refractivity contribution in [2.45, 2.75) is 6.92 Å². The van der Waals surface area contributed by atoms with Gasteiger partial charge in [0.25, 0.3) is 0 Å². The molecular weight excluding hydrogens is 326 g/mol. The highest BCUT2D eigenvalue weighted by Crippen LogP contribution is 2.35. The third-order valence-corrected chi connectivity index (χ3v) is 4.18. The molecule has 126 valence electrons. The predicted octanol–water partition coefficient (Wildman–Crippen LogP) is 2.80. The first-order valence-electron chi connectivity index (χ1n) is 7.94. The predicted molar refractivity (Wildman–Crippen MR) is 99.9 cm³/mol. The van der Waals surface area contributed by atoms with Crippen LogP contribution in [0.4, 0.5) is 11.6 Å². The largest absolute Gasteiger partial charge is 0.384 e. The Hall–Kier alpha value is -3.92. The van der Waals surface area contributed by atoms with Gasteiger partial charge in [0.2, 0.25) is 0 Å². The Bertz CT molecular complexity index is 1180. The molecule has 4 rings (SSSR count). The molecule has 0 aliphatic carbocycles. The van der Waals surface area contributed by atoms with Crippen LogP contribution in [0.25, 0.3) is 28.0 Å². The molecular formula is C19H15N7. The number of anilines is 2. The van der Waals surface area contributed by atoms with Crippen LogP contribution in [0, 0.1) is 18.3 Å². The van der Waals surface area contributed by atoms with Crippen molar-refractivity contribution in [2.24, 2.45) is 0 Å². The van der Waals surface area contributed by atoms with Gasteiger partial charge < -0.3 is 11.5 Å². The lowest BCUT2D eigenvalue weighted by Gasteiger charge is -2.06. The van der Waals surface area contributed by atoms with Gasteiger partial charge in [-0.05, 0) is 36.8 Å². The van der Waals surface area contributed by atoms with Crippen LogP contribution in [0.2, 0.25) is 0 Å². The molecule has 0 radical (unpaired) electrons. The zero-order chi connectivity index (χ0) is 18.3. The summed E-state index contributed by atoms with van der Waals surface area (Å²) in [6, 6.07) is 13.1. The molecule has 3 heterocycles. The van der Waals surface area contributed by atoms with Crippen LogP contribution in [0.3, 0.4) is 0 Å². The van der Waals surface area contributed by atoms with Gasteiger partial charge in [-0.15, -0.1) is 0 Å². The van der Waals surface area contributed by atoms with Crippen molar-refractivity contribution in [1.29, 1.82) is 5.26 Å². The van der Waals surface area contributed by atoms with Gasteiger partial charge in [-0.3, -0.25) is 0 Å². The van der Waals surface area contributed by atoms with E-state index in [2.05, 4.69) is 21.1 Å². The monoisotopic (exact) mass is 341 g/mol. The molecule has 7 nitrogen and oxygen atoms in total. The second kappa shape index (κ2) is 5.86. The number of rotatable bonds is 2. The number of fused-ring (bicyclic) bond motifs is 1. The fraction of sp³-hybridized carbons (Fsp3) is 0.0526. The van der Waals surface area contributed by atoms with E-state index >= 15 is 0 Å². The molecule has 0 spiro atoms. The van der Waals surface area contributed by atoms with Crippen LogP contribution in [-0.2, 0) is 0 Å². The minimum Gasteiger partial charge on any atom is -0.384 e. The summed E-state index contributed by atoms with van der Waals surface area (Å²) in [6.45, 7) is 1.90. The summed E-state index contributed by atoms with van der Waals surface area (Å²) in [5.41, 5.74) is 16.9. The molecule has 1 aromatic carbocycles. The van der Waals surface area contributed by atoms with E-state index in [4.69, 9.17) is 11.5 Å². The molecule has 0 unspecified atom stereocenters. The summed E-state index contributed by atoms with van der Waals surface area (Å²) in [4.78, 5) is 8.71. The first kappa shape index (κ1) is 15.6. The molecule has 0 aliphatic rings. The molecule has 0 amide bonds. The van der Waals surface area contributed by atoms with E-state index in [0.717, 1.165) is 22.3 Å². The van der Waals surface area contributed by atoms with E-state index in [9.17, 15) is 5.26 Å². The zero-order valence-corrected chi connectivity index (χ0v) is 14.0. The van der Waals surface area contributed by atoms with Crippen molar-refractivity contribution in [3.63, 3.8) is 0 Å². The number of hydrogen-bond acceptors (Lipinski definition) is 6. The summed E-state index contributed by atoms with van der Waals surface area (Å²) in [5, 5.41) is 13.9. The van der Waals surface area contributed by atoms with Crippen molar-refractivity contribution in [1.82, 2.24) is 19.6 Å². The lowest BCUT2D eigenvalue weighted by atomic mass is 10.00. The maximum atomic E-state index is 9.21. The van der Waals surface area contributed by atoms with Gasteiger partial charge in [0.05, 0.1) is 17.2 Å². The van der Waals surface area contributed by atoms with Crippen molar-refractivity contribution >= 4 is 17.3 Å². The Labute approximate surface area is 149 Å². The van der Waals surface area contributed by atoms with E-state index < -0.39 is 0 Å². The van der Waals surface area contributed by atoms with Crippen LogP contribution in [0.1, 0.15) is 11.1 Å². The number of benzene rings is 1. The Morgan fingerprint density at radius 2 is 1.96 bits per heavy atom. The van der Waals surface area contributed by atoms with E-state index in [-0.39, 0.29) is 0 Å². The second-order valence-electron chi connectivity index (χ2n) is 5.96. The number of aryl methyl sites for hydroxylation is 1.